The van der Waals surface area contributed by atoms with Crippen molar-refractivity contribution >= 4 is 5.91 Å². The molecule has 2 aromatic rings. The molecule has 4 rings (SSSR count). The zero-order valence-electron chi connectivity index (χ0n) is 14.8. The molecule has 3 N–H and O–H groups in total. The van der Waals surface area contributed by atoms with Crippen molar-refractivity contribution in [3.8, 4) is 16.9 Å². The molecule has 2 aliphatic rings. The highest BCUT2D eigenvalue weighted by molar-refractivity contribution is 5.86. The largest absolute Gasteiger partial charge is 0.493 e. The second-order valence-corrected chi connectivity index (χ2v) is 7.07. The number of amides is 1. The molecule has 1 saturated heterocycles. The third kappa shape index (κ3) is 3.45. The SMILES string of the molecule is NC1(C(=O)NCc2ccc(-c3ccc4c(c3)CCO4)cc2)CCOCC1. The Hall–Kier alpha value is -2.37. The van der Waals surface area contributed by atoms with Crippen LogP contribution in [0.25, 0.3) is 11.1 Å². The summed E-state index contributed by atoms with van der Waals surface area (Å²) in [6, 6.07) is 14.6. The number of benzene rings is 2. The molecule has 0 unspecified atom stereocenters. The van der Waals surface area contributed by atoms with Crippen LogP contribution in [0.15, 0.2) is 42.5 Å². The maximum absolute atomic E-state index is 12.4. The molecule has 1 fully saturated rings. The summed E-state index contributed by atoms with van der Waals surface area (Å²) in [6.07, 6.45) is 2.11. The fourth-order valence-electron chi connectivity index (χ4n) is 3.50. The van der Waals surface area contributed by atoms with E-state index in [1.165, 1.54) is 11.1 Å². The Kier molecular flexibility index (Phi) is 4.66. The number of hydrogen-bond acceptors (Lipinski definition) is 4. The van der Waals surface area contributed by atoms with Gasteiger partial charge in [-0.1, -0.05) is 30.3 Å². The van der Waals surface area contributed by atoms with Gasteiger partial charge in [0.15, 0.2) is 0 Å². The Morgan fingerprint density at radius 1 is 1.04 bits per heavy atom. The van der Waals surface area contributed by atoms with Crippen molar-refractivity contribution in [2.24, 2.45) is 5.73 Å². The zero-order valence-corrected chi connectivity index (χ0v) is 14.8. The smallest absolute Gasteiger partial charge is 0.240 e. The van der Waals surface area contributed by atoms with E-state index in [1.54, 1.807) is 0 Å². The van der Waals surface area contributed by atoms with E-state index < -0.39 is 5.54 Å². The highest BCUT2D eigenvalue weighted by Gasteiger charge is 2.35. The van der Waals surface area contributed by atoms with E-state index in [9.17, 15) is 4.79 Å². The van der Waals surface area contributed by atoms with Crippen molar-refractivity contribution in [3.63, 3.8) is 0 Å². The molecule has 0 bridgehead atoms. The third-order valence-corrected chi connectivity index (χ3v) is 5.27. The molecular formula is C21H24N2O3. The van der Waals surface area contributed by atoms with Crippen molar-refractivity contribution in [2.75, 3.05) is 19.8 Å². The summed E-state index contributed by atoms with van der Waals surface area (Å²) in [5, 5.41) is 2.97. The van der Waals surface area contributed by atoms with Gasteiger partial charge in [0.2, 0.25) is 5.91 Å². The van der Waals surface area contributed by atoms with E-state index in [0.29, 0.717) is 32.6 Å². The summed E-state index contributed by atoms with van der Waals surface area (Å²) in [4.78, 5) is 12.4. The van der Waals surface area contributed by atoms with Crippen LogP contribution in [0, 0.1) is 0 Å². The van der Waals surface area contributed by atoms with Crippen LogP contribution in [0.5, 0.6) is 5.75 Å². The summed E-state index contributed by atoms with van der Waals surface area (Å²) >= 11 is 0. The van der Waals surface area contributed by atoms with Crippen LogP contribution < -0.4 is 15.8 Å². The molecule has 136 valence electrons. The highest BCUT2D eigenvalue weighted by Crippen LogP contribution is 2.30. The molecule has 0 aliphatic carbocycles. The van der Waals surface area contributed by atoms with Gasteiger partial charge in [-0.3, -0.25) is 4.79 Å². The number of nitrogens with one attached hydrogen (secondary N) is 1. The van der Waals surface area contributed by atoms with Gasteiger partial charge in [-0.05, 0) is 47.2 Å². The highest BCUT2D eigenvalue weighted by atomic mass is 16.5. The first-order valence-corrected chi connectivity index (χ1v) is 9.14. The van der Waals surface area contributed by atoms with Gasteiger partial charge in [0, 0.05) is 26.2 Å². The molecule has 0 spiro atoms. The van der Waals surface area contributed by atoms with Crippen molar-refractivity contribution in [2.45, 2.75) is 31.3 Å². The maximum Gasteiger partial charge on any atom is 0.240 e. The van der Waals surface area contributed by atoms with Crippen LogP contribution in [0.1, 0.15) is 24.0 Å². The zero-order chi connectivity index (χ0) is 18.0. The lowest BCUT2D eigenvalue weighted by Crippen LogP contribution is -2.56. The van der Waals surface area contributed by atoms with E-state index >= 15 is 0 Å². The molecule has 0 atom stereocenters. The molecule has 0 saturated carbocycles. The molecular weight excluding hydrogens is 328 g/mol. The Labute approximate surface area is 153 Å². The molecule has 26 heavy (non-hydrogen) atoms. The number of carbonyl (C=O) groups excluding carboxylic acids is 1. The quantitative estimate of drug-likeness (QED) is 0.886. The molecule has 0 radical (unpaired) electrons. The number of nitrogens with two attached hydrogens (primary N) is 1. The van der Waals surface area contributed by atoms with Crippen molar-refractivity contribution in [1.29, 1.82) is 0 Å². The molecule has 5 nitrogen and oxygen atoms in total. The first-order valence-electron chi connectivity index (χ1n) is 9.14. The number of hydrogen-bond donors (Lipinski definition) is 2. The van der Waals surface area contributed by atoms with Crippen molar-refractivity contribution in [3.05, 3.63) is 53.6 Å². The Morgan fingerprint density at radius 2 is 1.77 bits per heavy atom. The first kappa shape index (κ1) is 17.1. The molecule has 0 aromatic heterocycles. The fourth-order valence-corrected chi connectivity index (χ4v) is 3.50. The van der Waals surface area contributed by atoms with Crippen molar-refractivity contribution in [1.82, 2.24) is 5.32 Å². The predicted octanol–water partition coefficient (Wildman–Crippen LogP) is 2.41. The van der Waals surface area contributed by atoms with Gasteiger partial charge in [-0.25, -0.2) is 0 Å². The van der Waals surface area contributed by atoms with Gasteiger partial charge in [-0.2, -0.15) is 0 Å². The third-order valence-electron chi connectivity index (χ3n) is 5.27. The van der Waals surface area contributed by atoms with Crippen LogP contribution in [0.4, 0.5) is 0 Å². The van der Waals surface area contributed by atoms with Gasteiger partial charge < -0.3 is 20.5 Å². The average Bonchev–Trinajstić information content (AvgIpc) is 3.15. The van der Waals surface area contributed by atoms with Gasteiger partial charge in [0.1, 0.15) is 5.75 Å². The van der Waals surface area contributed by atoms with Crippen LogP contribution in [-0.2, 0) is 22.5 Å². The van der Waals surface area contributed by atoms with Gasteiger partial charge in [0.25, 0.3) is 0 Å². The lowest BCUT2D eigenvalue weighted by molar-refractivity contribution is -0.129. The van der Waals surface area contributed by atoms with Crippen LogP contribution in [0.3, 0.4) is 0 Å². The number of rotatable bonds is 4. The number of fused-ring (bicyclic) bond motifs is 1. The van der Waals surface area contributed by atoms with E-state index in [-0.39, 0.29) is 5.91 Å². The number of carbonyl (C=O) groups is 1. The molecule has 1 amide bonds. The van der Waals surface area contributed by atoms with Crippen molar-refractivity contribution < 1.29 is 14.3 Å². The Bertz CT molecular complexity index is 795. The molecule has 2 aromatic carbocycles. The van der Waals surface area contributed by atoms with Gasteiger partial charge in [-0.15, -0.1) is 0 Å². The summed E-state index contributed by atoms with van der Waals surface area (Å²) < 4.78 is 10.9. The first-order chi connectivity index (χ1) is 12.6. The maximum atomic E-state index is 12.4. The number of ether oxygens (including phenoxy) is 2. The van der Waals surface area contributed by atoms with Gasteiger partial charge in [0.05, 0.1) is 12.1 Å². The minimum absolute atomic E-state index is 0.0940. The van der Waals surface area contributed by atoms with E-state index in [1.807, 2.05) is 18.2 Å². The van der Waals surface area contributed by atoms with E-state index in [4.69, 9.17) is 15.2 Å². The van der Waals surface area contributed by atoms with Crippen LogP contribution >= 0.6 is 0 Å². The normalized spacial score (nSPS) is 18.0. The lowest BCUT2D eigenvalue weighted by atomic mass is 9.90. The lowest BCUT2D eigenvalue weighted by Gasteiger charge is -2.31. The second-order valence-electron chi connectivity index (χ2n) is 7.07. The summed E-state index contributed by atoms with van der Waals surface area (Å²) in [7, 11) is 0. The Balaban J connectivity index is 1.39. The minimum atomic E-state index is -0.801. The van der Waals surface area contributed by atoms with Gasteiger partial charge >= 0.3 is 0 Å². The standard InChI is InChI=1S/C21H24N2O3/c22-21(8-11-25-12-9-21)20(24)23-14-15-1-3-16(4-2-15)17-5-6-19-18(13-17)7-10-26-19/h1-6,13H,7-12,14,22H2,(H,23,24). The monoisotopic (exact) mass is 352 g/mol. The van der Waals surface area contributed by atoms with Crippen LogP contribution in [-0.4, -0.2) is 31.3 Å². The predicted molar refractivity (Wildman–Crippen MR) is 99.9 cm³/mol. The van der Waals surface area contributed by atoms with E-state index in [0.717, 1.165) is 29.9 Å². The minimum Gasteiger partial charge on any atom is -0.493 e. The fraction of sp³-hybridized carbons (Fsp3) is 0.381. The topological polar surface area (TPSA) is 73.6 Å². The molecule has 2 heterocycles. The average molecular weight is 352 g/mol. The second kappa shape index (κ2) is 7.09. The summed E-state index contributed by atoms with van der Waals surface area (Å²) in [5.74, 6) is 0.903. The summed E-state index contributed by atoms with van der Waals surface area (Å²) in [5.41, 5.74) is 10.1. The molecule has 5 heteroatoms. The van der Waals surface area contributed by atoms with Crippen LogP contribution in [0.2, 0.25) is 0 Å². The molecule has 2 aliphatic heterocycles. The summed E-state index contributed by atoms with van der Waals surface area (Å²) in [6.45, 7) is 2.35. The van der Waals surface area contributed by atoms with E-state index in [2.05, 4.69) is 29.6 Å². The Morgan fingerprint density at radius 3 is 2.54 bits per heavy atom.